The molecule has 19 heavy (non-hydrogen) atoms. The maximum absolute atomic E-state index is 12.3. The van der Waals surface area contributed by atoms with Crippen molar-refractivity contribution >= 4 is 11.8 Å². The highest BCUT2D eigenvalue weighted by atomic mass is 16.5. The predicted molar refractivity (Wildman–Crippen MR) is 71.4 cm³/mol. The van der Waals surface area contributed by atoms with Crippen molar-refractivity contribution in [3.8, 4) is 0 Å². The van der Waals surface area contributed by atoms with Crippen LogP contribution in [0, 0.1) is 6.92 Å². The molecule has 0 bridgehead atoms. The monoisotopic (exact) mass is 265 g/mol. The summed E-state index contributed by atoms with van der Waals surface area (Å²) >= 11 is 0. The summed E-state index contributed by atoms with van der Waals surface area (Å²) in [6.07, 6.45) is 0.431. The highest BCUT2D eigenvalue weighted by Gasteiger charge is 2.23. The van der Waals surface area contributed by atoms with Gasteiger partial charge < -0.3 is 4.74 Å². The molecule has 0 amide bonds. The summed E-state index contributed by atoms with van der Waals surface area (Å²) in [5, 5.41) is 0. The fraction of sp³-hybridized carbons (Fsp3) is 0.500. The van der Waals surface area contributed by atoms with Crippen molar-refractivity contribution in [1.82, 2.24) is 4.57 Å². The van der Waals surface area contributed by atoms with E-state index >= 15 is 0 Å². The van der Waals surface area contributed by atoms with E-state index in [1.807, 2.05) is 0 Å². The summed E-state index contributed by atoms with van der Waals surface area (Å²) in [6, 6.07) is 2.47. The molecular weight excluding hydrogens is 246 g/mol. The standard InChI is InChI=1S/C14H19NO4/c1-5-12(14(18)19-6-2)15-9(3)7-8-11(10(4)16)13(15)17/h7-8,12H,5-6H2,1-4H3. The van der Waals surface area contributed by atoms with Crippen LogP contribution < -0.4 is 5.56 Å². The number of Topliss-reactive ketones (excluding diaryl/α,β-unsaturated/α-hetero) is 1. The molecule has 0 radical (unpaired) electrons. The van der Waals surface area contributed by atoms with Crippen molar-refractivity contribution in [1.29, 1.82) is 0 Å². The van der Waals surface area contributed by atoms with Gasteiger partial charge in [-0.3, -0.25) is 14.2 Å². The van der Waals surface area contributed by atoms with Crippen molar-refractivity contribution in [2.75, 3.05) is 6.61 Å². The van der Waals surface area contributed by atoms with E-state index in [-0.39, 0.29) is 18.0 Å². The summed E-state index contributed by atoms with van der Waals surface area (Å²) in [5.74, 6) is -0.756. The van der Waals surface area contributed by atoms with Crippen molar-refractivity contribution < 1.29 is 14.3 Å². The minimum atomic E-state index is -0.688. The first kappa shape index (κ1) is 15.1. The Kier molecular flexibility index (Phi) is 5.03. The molecule has 0 spiro atoms. The van der Waals surface area contributed by atoms with Crippen LogP contribution >= 0.6 is 0 Å². The molecule has 1 aromatic heterocycles. The number of ether oxygens (including phenoxy) is 1. The Morgan fingerprint density at radius 2 is 1.95 bits per heavy atom. The van der Waals surface area contributed by atoms with Crippen LogP contribution in [0.15, 0.2) is 16.9 Å². The number of hydrogen-bond donors (Lipinski definition) is 0. The molecule has 1 unspecified atom stereocenters. The van der Waals surface area contributed by atoms with E-state index in [0.29, 0.717) is 12.1 Å². The number of aromatic nitrogens is 1. The third-order valence-corrected chi connectivity index (χ3v) is 2.96. The number of hydrogen-bond acceptors (Lipinski definition) is 4. The normalized spacial score (nSPS) is 12.0. The van der Waals surface area contributed by atoms with Crippen LogP contribution in [-0.4, -0.2) is 22.9 Å². The third kappa shape index (κ3) is 3.10. The molecule has 1 heterocycles. The van der Waals surface area contributed by atoms with E-state index in [1.165, 1.54) is 17.6 Å². The Balaban J connectivity index is 3.39. The molecule has 5 nitrogen and oxygen atoms in total. The third-order valence-electron chi connectivity index (χ3n) is 2.96. The van der Waals surface area contributed by atoms with Gasteiger partial charge >= 0.3 is 5.97 Å². The average Bonchev–Trinajstić information content (AvgIpc) is 2.33. The van der Waals surface area contributed by atoms with Gasteiger partial charge in [0.2, 0.25) is 0 Å². The van der Waals surface area contributed by atoms with E-state index < -0.39 is 17.6 Å². The zero-order valence-electron chi connectivity index (χ0n) is 11.7. The molecule has 0 saturated heterocycles. The molecule has 0 aliphatic rings. The summed E-state index contributed by atoms with van der Waals surface area (Å²) in [5.41, 5.74) is 0.288. The topological polar surface area (TPSA) is 65.4 Å². The van der Waals surface area contributed by atoms with Crippen LogP contribution in [0.1, 0.15) is 49.3 Å². The van der Waals surface area contributed by atoms with E-state index in [0.717, 1.165) is 0 Å². The van der Waals surface area contributed by atoms with Gasteiger partial charge in [0.1, 0.15) is 6.04 Å². The SMILES string of the molecule is CCOC(=O)C(CC)n1c(C)ccc(C(C)=O)c1=O. The molecule has 0 aliphatic heterocycles. The largest absolute Gasteiger partial charge is 0.464 e. The maximum atomic E-state index is 12.3. The number of nitrogens with zero attached hydrogens (tertiary/aromatic N) is 1. The molecule has 0 N–H and O–H groups in total. The average molecular weight is 265 g/mol. The van der Waals surface area contributed by atoms with Crippen LogP contribution in [0.3, 0.4) is 0 Å². The van der Waals surface area contributed by atoms with Crippen molar-refractivity contribution in [3.05, 3.63) is 33.7 Å². The minimum absolute atomic E-state index is 0.0911. The lowest BCUT2D eigenvalue weighted by Gasteiger charge is -2.19. The second kappa shape index (κ2) is 6.31. The summed E-state index contributed by atoms with van der Waals surface area (Å²) in [4.78, 5) is 35.6. The van der Waals surface area contributed by atoms with Gasteiger partial charge in [-0.1, -0.05) is 6.92 Å². The second-order valence-corrected chi connectivity index (χ2v) is 4.30. The van der Waals surface area contributed by atoms with Crippen molar-refractivity contribution in [2.45, 2.75) is 40.2 Å². The van der Waals surface area contributed by atoms with Gasteiger partial charge in [0.25, 0.3) is 5.56 Å². The Hall–Kier alpha value is -1.91. The highest BCUT2D eigenvalue weighted by Crippen LogP contribution is 2.14. The first-order valence-corrected chi connectivity index (χ1v) is 6.33. The molecule has 5 heteroatoms. The van der Waals surface area contributed by atoms with Gasteiger partial charge in [-0.05, 0) is 39.3 Å². The van der Waals surface area contributed by atoms with E-state index in [9.17, 15) is 14.4 Å². The summed E-state index contributed by atoms with van der Waals surface area (Å²) < 4.78 is 6.32. The van der Waals surface area contributed by atoms with Gasteiger partial charge in [-0.25, -0.2) is 4.79 Å². The first-order chi connectivity index (χ1) is 8.93. The quantitative estimate of drug-likeness (QED) is 0.602. The van der Waals surface area contributed by atoms with Gasteiger partial charge in [-0.2, -0.15) is 0 Å². The van der Waals surface area contributed by atoms with Crippen LogP contribution in [-0.2, 0) is 9.53 Å². The number of ketones is 1. The summed E-state index contributed by atoms with van der Waals surface area (Å²) in [6.45, 7) is 6.84. The number of rotatable bonds is 5. The van der Waals surface area contributed by atoms with Gasteiger partial charge in [0.05, 0.1) is 12.2 Å². The smallest absolute Gasteiger partial charge is 0.329 e. The number of esters is 1. The summed E-state index contributed by atoms with van der Waals surface area (Å²) in [7, 11) is 0. The lowest BCUT2D eigenvalue weighted by Crippen LogP contribution is -2.34. The maximum Gasteiger partial charge on any atom is 0.329 e. The molecule has 0 fully saturated rings. The lowest BCUT2D eigenvalue weighted by atomic mass is 10.1. The number of pyridine rings is 1. The van der Waals surface area contributed by atoms with Crippen molar-refractivity contribution in [2.24, 2.45) is 0 Å². The highest BCUT2D eigenvalue weighted by molar-refractivity contribution is 5.93. The van der Waals surface area contributed by atoms with E-state index in [1.54, 1.807) is 26.8 Å². The molecule has 0 aromatic carbocycles. The van der Waals surface area contributed by atoms with Crippen LogP contribution in [0.5, 0.6) is 0 Å². The van der Waals surface area contributed by atoms with Gasteiger partial charge in [0.15, 0.2) is 5.78 Å². The van der Waals surface area contributed by atoms with Gasteiger partial charge in [-0.15, -0.1) is 0 Å². The molecule has 1 atom stereocenters. The molecule has 1 rings (SSSR count). The predicted octanol–water partition coefficient (Wildman–Crippen LogP) is 1.87. The fourth-order valence-electron chi connectivity index (χ4n) is 1.99. The van der Waals surface area contributed by atoms with Crippen LogP contribution in [0.2, 0.25) is 0 Å². The first-order valence-electron chi connectivity index (χ1n) is 6.33. The Morgan fingerprint density at radius 3 is 2.42 bits per heavy atom. The number of carbonyl (C=O) groups excluding carboxylic acids is 2. The zero-order chi connectivity index (χ0) is 14.6. The lowest BCUT2D eigenvalue weighted by molar-refractivity contribution is -0.147. The Labute approximate surface area is 112 Å². The number of aryl methyl sites for hydroxylation is 1. The van der Waals surface area contributed by atoms with E-state index in [4.69, 9.17) is 4.74 Å². The number of carbonyl (C=O) groups is 2. The Morgan fingerprint density at radius 1 is 1.32 bits per heavy atom. The second-order valence-electron chi connectivity index (χ2n) is 4.30. The minimum Gasteiger partial charge on any atom is -0.464 e. The fourth-order valence-corrected chi connectivity index (χ4v) is 1.99. The molecule has 104 valence electrons. The molecule has 0 aliphatic carbocycles. The van der Waals surface area contributed by atoms with E-state index in [2.05, 4.69) is 0 Å². The van der Waals surface area contributed by atoms with Gasteiger partial charge in [0, 0.05) is 5.69 Å². The van der Waals surface area contributed by atoms with Crippen LogP contribution in [0.4, 0.5) is 0 Å². The zero-order valence-corrected chi connectivity index (χ0v) is 11.7. The Bertz CT molecular complexity index is 545. The molecule has 0 saturated carbocycles. The molecule has 1 aromatic rings. The van der Waals surface area contributed by atoms with Crippen molar-refractivity contribution in [3.63, 3.8) is 0 Å². The van der Waals surface area contributed by atoms with Crippen LogP contribution in [0.25, 0.3) is 0 Å². The molecular formula is C14H19NO4.